The molecule has 6 nitrogen and oxygen atoms in total. The van der Waals surface area contributed by atoms with E-state index in [0.717, 1.165) is 18.4 Å². The molecule has 2 rings (SSSR count). The maximum absolute atomic E-state index is 11.8. The Labute approximate surface area is 123 Å². The molecule has 2 amide bonds. The number of aromatic hydroxyl groups is 1. The SMILES string of the molecule is CC1CC(NC(=O)NC(Cc2ccc(O)cc2)C(=O)O)C1. The van der Waals surface area contributed by atoms with Gasteiger partial charge in [-0.05, 0) is 36.5 Å². The fourth-order valence-electron chi connectivity index (χ4n) is 2.47. The number of benzene rings is 1. The Morgan fingerprint density at radius 2 is 1.90 bits per heavy atom. The van der Waals surface area contributed by atoms with Gasteiger partial charge in [-0.15, -0.1) is 0 Å². The highest BCUT2D eigenvalue weighted by Gasteiger charge is 2.28. The lowest BCUT2D eigenvalue weighted by Crippen LogP contribution is -2.52. The first kappa shape index (κ1) is 15.2. The van der Waals surface area contributed by atoms with Crippen LogP contribution in [0.1, 0.15) is 25.3 Å². The second kappa shape index (κ2) is 6.47. The van der Waals surface area contributed by atoms with Gasteiger partial charge in [-0.3, -0.25) is 0 Å². The van der Waals surface area contributed by atoms with Crippen molar-refractivity contribution < 1.29 is 19.8 Å². The van der Waals surface area contributed by atoms with Crippen LogP contribution >= 0.6 is 0 Å². The summed E-state index contributed by atoms with van der Waals surface area (Å²) in [5.41, 5.74) is 0.734. The van der Waals surface area contributed by atoms with E-state index >= 15 is 0 Å². The molecule has 1 aromatic rings. The zero-order valence-electron chi connectivity index (χ0n) is 11.9. The van der Waals surface area contributed by atoms with E-state index in [4.69, 9.17) is 0 Å². The van der Waals surface area contributed by atoms with Crippen molar-refractivity contribution in [2.45, 2.75) is 38.3 Å². The molecule has 1 aliphatic carbocycles. The average molecular weight is 292 g/mol. The van der Waals surface area contributed by atoms with Gasteiger partial charge in [0.1, 0.15) is 11.8 Å². The van der Waals surface area contributed by atoms with Crippen LogP contribution in [0.25, 0.3) is 0 Å². The Bertz CT molecular complexity index is 509. The van der Waals surface area contributed by atoms with Crippen LogP contribution in [0.4, 0.5) is 4.79 Å². The third kappa shape index (κ3) is 4.37. The summed E-state index contributed by atoms with van der Waals surface area (Å²) >= 11 is 0. The summed E-state index contributed by atoms with van der Waals surface area (Å²) in [6, 6.07) is 4.96. The van der Waals surface area contributed by atoms with Crippen LogP contribution in [0.3, 0.4) is 0 Å². The lowest BCUT2D eigenvalue weighted by atomic mass is 9.82. The number of rotatable bonds is 5. The molecule has 0 saturated heterocycles. The summed E-state index contributed by atoms with van der Waals surface area (Å²) in [5.74, 6) is -0.349. The van der Waals surface area contributed by atoms with E-state index in [2.05, 4.69) is 17.6 Å². The zero-order valence-corrected chi connectivity index (χ0v) is 11.9. The number of urea groups is 1. The quantitative estimate of drug-likeness (QED) is 0.660. The van der Waals surface area contributed by atoms with Crippen molar-refractivity contribution >= 4 is 12.0 Å². The zero-order chi connectivity index (χ0) is 15.4. The molecule has 1 saturated carbocycles. The number of amides is 2. The topological polar surface area (TPSA) is 98.7 Å². The standard InChI is InChI=1S/C15H20N2O4/c1-9-6-11(7-9)16-15(21)17-13(14(19)20)8-10-2-4-12(18)5-3-10/h2-5,9,11,13,18H,6-8H2,1H3,(H,19,20)(H2,16,17,21). The van der Waals surface area contributed by atoms with Crippen LogP contribution in [0.15, 0.2) is 24.3 Å². The predicted molar refractivity (Wildman–Crippen MR) is 77.1 cm³/mol. The fraction of sp³-hybridized carbons (Fsp3) is 0.467. The van der Waals surface area contributed by atoms with Gasteiger partial charge in [-0.2, -0.15) is 0 Å². The second-order valence-corrected chi connectivity index (χ2v) is 5.65. The van der Waals surface area contributed by atoms with E-state index in [-0.39, 0.29) is 18.2 Å². The van der Waals surface area contributed by atoms with Crippen molar-refractivity contribution in [3.05, 3.63) is 29.8 Å². The van der Waals surface area contributed by atoms with E-state index in [1.54, 1.807) is 12.1 Å². The lowest BCUT2D eigenvalue weighted by Gasteiger charge is -2.33. The first-order valence-electron chi connectivity index (χ1n) is 7.01. The molecule has 1 fully saturated rings. The van der Waals surface area contributed by atoms with E-state index < -0.39 is 18.0 Å². The predicted octanol–water partition coefficient (Wildman–Crippen LogP) is 1.49. The number of carboxylic acids is 1. The number of phenols is 1. The third-order valence-electron chi connectivity index (χ3n) is 3.69. The van der Waals surface area contributed by atoms with Gasteiger partial charge in [0.2, 0.25) is 0 Å². The van der Waals surface area contributed by atoms with Gasteiger partial charge >= 0.3 is 12.0 Å². The molecule has 0 spiro atoms. The summed E-state index contributed by atoms with van der Waals surface area (Å²) in [6.45, 7) is 2.11. The van der Waals surface area contributed by atoms with Gasteiger partial charge in [0.05, 0.1) is 0 Å². The van der Waals surface area contributed by atoms with Crippen LogP contribution in [-0.4, -0.2) is 34.3 Å². The number of phenolic OH excluding ortho intramolecular Hbond substituents is 1. The first-order valence-corrected chi connectivity index (χ1v) is 7.01. The third-order valence-corrected chi connectivity index (χ3v) is 3.69. The maximum Gasteiger partial charge on any atom is 0.326 e. The van der Waals surface area contributed by atoms with Gasteiger partial charge in [-0.1, -0.05) is 19.1 Å². The Morgan fingerprint density at radius 3 is 2.43 bits per heavy atom. The first-order chi connectivity index (χ1) is 9.94. The summed E-state index contributed by atoms with van der Waals surface area (Å²) in [6.07, 6.45) is 2.04. The van der Waals surface area contributed by atoms with E-state index in [9.17, 15) is 19.8 Å². The maximum atomic E-state index is 11.8. The van der Waals surface area contributed by atoms with Crippen molar-refractivity contribution in [2.75, 3.05) is 0 Å². The molecule has 114 valence electrons. The second-order valence-electron chi connectivity index (χ2n) is 5.65. The Hall–Kier alpha value is -2.24. The minimum absolute atomic E-state index is 0.121. The van der Waals surface area contributed by atoms with Crippen LogP contribution < -0.4 is 10.6 Å². The molecule has 0 aromatic heterocycles. The minimum Gasteiger partial charge on any atom is -0.508 e. The molecule has 0 bridgehead atoms. The van der Waals surface area contributed by atoms with E-state index in [1.165, 1.54) is 12.1 Å². The number of hydrogen-bond donors (Lipinski definition) is 4. The van der Waals surface area contributed by atoms with E-state index in [1.807, 2.05) is 0 Å². The number of nitrogens with one attached hydrogen (secondary N) is 2. The Balaban J connectivity index is 1.88. The molecule has 1 aromatic carbocycles. The van der Waals surface area contributed by atoms with Gasteiger partial charge in [0.25, 0.3) is 0 Å². The summed E-state index contributed by atoms with van der Waals surface area (Å²) in [4.78, 5) is 23.0. The van der Waals surface area contributed by atoms with Gasteiger partial charge in [0, 0.05) is 12.5 Å². The lowest BCUT2D eigenvalue weighted by molar-refractivity contribution is -0.139. The smallest absolute Gasteiger partial charge is 0.326 e. The fourth-order valence-corrected chi connectivity index (χ4v) is 2.47. The number of aliphatic carboxylic acids is 1. The molecule has 21 heavy (non-hydrogen) atoms. The normalized spacial score (nSPS) is 22.0. The van der Waals surface area contributed by atoms with Crippen LogP contribution in [-0.2, 0) is 11.2 Å². The number of hydrogen-bond acceptors (Lipinski definition) is 3. The Morgan fingerprint density at radius 1 is 1.29 bits per heavy atom. The molecule has 1 aliphatic rings. The molecule has 4 N–H and O–H groups in total. The molecule has 0 aliphatic heterocycles. The van der Waals surface area contributed by atoms with Crippen LogP contribution in [0.5, 0.6) is 5.75 Å². The Kier molecular flexibility index (Phi) is 4.67. The molecule has 0 heterocycles. The van der Waals surface area contributed by atoms with Crippen LogP contribution in [0.2, 0.25) is 0 Å². The number of carboxylic acid groups (broad SMARTS) is 1. The summed E-state index contributed by atoms with van der Waals surface area (Å²) in [7, 11) is 0. The average Bonchev–Trinajstić information content (AvgIpc) is 2.38. The van der Waals surface area contributed by atoms with Gasteiger partial charge in [0.15, 0.2) is 0 Å². The van der Waals surface area contributed by atoms with Gasteiger partial charge in [-0.25, -0.2) is 9.59 Å². The highest BCUT2D eigenvalue weighted by molar-refractivity contribution is 5.82. The minimum atomic E-state index is -1.08. The highest BCUT2D eigenvalue weighted by Crippen LogP contribution is 2.26. The van der Waals surface area contributed by atoms with Crippen molar-refractivity contribution in [3.63, 3.8) is 0 Å². The molecular formula is C15H20N2O4. The monoisotopic (exact) mass is 292 g/mol. The number of carbonyl (C=O) groups excluding carboxylic acids is 1. The van der Waals surface area contributed by atoms with Crippen LogP contribution in [0, 0.1) is 5.92 Å². The summed E-state index contributed by atoms with van der Waals surface area (Å²) < 4.78 is 0. The number of carbonyl (C=O) groups is 2. The molecule has 0 radical (unpaired) electrons. The highest BCUT2D eigenvalue weighted by atomic mass is 16.4. The molecular weight excluding hydrogens is 272 g/mol. The van der Waals surface area contributed by atoms with Gasteiger partial charge < -0.3 is 20.8 Å². The summed E-state index contributed by atoms with van der Waals surface area (Å²) in [5, 5.41) is 23.7. The van der Waals surface area contributed by atoms with Crippen molar-refractivity contribution in [1.82, 2.24) is 10.6 Å². The van der Waals surface area contributed by atoms with Crippen molar-refractivity contribution in [1.29, 1.82) is 0 Å². The largest absolute Gasteiger partial charge is 0.508 e. The van der Waals surface area contributed by atoms with E-state index in [0.29, 0.717) is 5.92 Å². The van der Waals surface area contributed by atoms with Crippen molar-refractivity contribution in [3.8, 4) is 5.75 Å². The van der Waals surface area contributed by atoms with Crippen molar-refractivity contribution in [2.24, 2.45) is 5.92 Å². The molecule has 1 atom stereocenters. The molecule has 1 unspecified atom stereocenters. The molecule has 6 heteroatoms.